The van der Waals surface area contributed by atoms with Gasteiger partial charge in [-0.25, -0.2) is 0 Å². The zero-order chi connectivity index (χ0) is 18.7. The topological polar surface area (TPSA) is 61.9 Å². The van der Waals surface area contributed by atoms with E-state index in [9.17, 15) is 9.59 Å². The number of hydrogen-bond donors (Lipinski definition) is 1. The molecule has 0 aliphatic carbocycles. The van der Waals surface area contributed by atoms with Crippen molar-refractivity contribution in [1.82, 2.24) is 5.01 Å². The highest BCUT2D eigenvalue weighted by molar-refractivity contribution is 6.32. The molecule has 6 nitrogen and oxygen atoms in total. The largest absolute Gasteiger partial charge is 0.495 e. The molecule has 1 atom stereocenters. The van der Waals surface area contributed by atoms with Crippen molar-refractivity contribution in [3.63, 3.8) is 0 Å². The molecule has 7 heteroatoms. The van der Waals surface area contributed by atoms with E-state index in [4.69, 9.17) is 16.3 Å². The van der Waals surface area contributed by atoms with Gasteiger partial charge in [-0.05, 0) is 30.3 Å². The normalized spacial score (nSPS) is 16.5. The molecule has 2 aromatic carbocycles. The van der Waals surface area contributed by atoms with Crippen molar-refractivity contribution in [2.45, 2.75) is 6.42 Å². The van der Waals surface area contributed by atoms with Crippen LogP contribution in [-0.4, -0.2) is 37.5 Å². The van der Waals surface area contributed by atoms with Crippen LogP contribution in [0.2, 0.25) is 5.02 Å². The van der Waals surface area contributed by atoms with Crippen molar-refractivity contribution in [3.05, 3.63) is 53.6 Å². The lowest BCUT2D eigenvalue weighted by Crippen LogP contribution is -2.41. The van der Waals surface area contributed by atoms with Gasteiger partial charge in [0.25, 0.3) is 0 Å². The molecule has 1 aliphatic rings. The van der Waals surface area contributed by atoms with Crippen LogP contribution in [0.5, 0.6) is 5.75 Å². The van der Waals surface area contributed by atoms with Crippen LogP contribution in [0.1, 0.15) is 6.42 Å². The van der Waals surface area contributed by atoms with Gasteiger partial charge in [-0.15, -0.1) is 0 Å². The maximum atomic E-state index is 12.5. The Labute approximate surface area is 157 Å². The predicted molar refractivity (Wildman–Crippen MR) is 101 cm³/mol. The van der Waals surface area contributed by atoms with Crippen molar-refractivity contribution in [1.29, 1.82) is 0 Å². The third-order valence-corrected chi connectivity index (χ3v) is 4.68. The Morgan fingerprint density at radius 1 is 1.27 bits per heavy atom. The number of hydrogen-bond acceptors (Lipinski definition) is 4. The van der Waals surface area contributed by atoms with E-state index in [1.807, 2.05) is 37.4 Å². The number of halogens is 1. The Balaban J connectivity index is 1.66. The third-order valence-electron chi connectivity index (χ3n) is 4.38. The summed E-state index contributed by atoms with van der Waals surface area (Å²) in [6.45, 7) is 0.333. The lowest BCUT2D eigenvalue weighted by molar-refractivity contribution is -0.128. The van der Waals surface area contributed by atoms with Crippen molar-refractivity contribution >= 4 is 34.8 Å². The Morgan fingerprint density at radius 3 is 2.65 bits per heavy atom. The molecule has 0 radical (unpaired) electrons. The number of rotatable bonds is 5. The van der Waals surface area contributed by atoms with Crippen molar-refractivity contribution in [3.8, 4) is 5.75 Å². The van der Waals surface area contributed by atoms with Crippen molar-refractivity contribution in [2.75, 3.05) is 31.0 Å². The molecule has 1 aliphatic heterocycles. The number of methoxy groups -OCH3 is 1. The summed E-state index contributed by atoms with van der Waals surface area (Å²) in [6.07, 6.45) is 0.174. The number of nitrogens with zero attached hydrogens (tertiary/aromatic N) is 2. The van der Waals surface area contributed by atoms with Gasteiger partial charge in [0.15, 0.2) is 0 Å². The minimum Gasteiger partial charge on any atom is -0.495 e. The van der Waals surface area contributed by atoms with Gasteiger partial charge in [-0.2, -0.15) is 0 Å². The molecule has 0 spiro atoms. The summed E-state index contributed by atoms with van der Waals surface area (Å²) >= 11 is 6.08. The van der Waals surface area contributed by atoms with Crippen LogP contribution in [0.4, 0.5) is 11.4 Å². The molecular weight excluding hydrogens is 354 g/mol. The number of anilines is 2. The maximum absolute atomic E-state index is 12.5. The van der Waals surface area contributed by atoms with Crippen LogP contribution >= 0.6 is 11.6 Å². The van der Waals surface area contributed by atoms with Gasteiger partial charge >= 0.3 is 0 Å². The van der Waals surface area contributed by atoms with E-state index in [0.717, 1.165) is 5.69 Å². The maximum Gasteiger partial charge on any atom is 0.241 e. The molecule has 0 bridgehead atoms. The fraction of sp³-hybridized carbons (Fsp3) is 0.263. The van der Waals surface area contributed by atoms with E-state index in [1.165, 1.54) is 7.11 Å². The van der Waals surface area contributed by atoms with Gasteiger partial charge in [0.1, 0.15) is 5.75 Å². The van der Waals surface area contributed by atoms with E-state index < -0.39 is 5.92 Å². The van der Waals surface area contributed by atoms with Crippen LogP contribution in [0.15, 0.2) is 48.5 Å². The molecule has 136 valence electrons. The summed E-state index contributed by atoms with van der Waals surface area (Å²) in [7, 11) is 3.35. The van der Waals surface area contributed by atoms with E-state index in [2.05, 4.69) is 5.32 Å². The molecule has 1 fully saturated rings. The standard InChI is InChI=1S/C19H20ClN3O3/c1-22(15-6-4-3-5-7-15)23-12-13(10-18(23)24)19(25)21-14-8-9-17(26-2)16(20)11-14/h3-9,11,13H,10,12H2,1-2H3,(H,21,25). The molecule has 0 aromatic heterocycles. The number of carbonyl (C=O) groups excluding carboxylic acids is 2. The highest BCUT2D eigenvalue weighted by atomic mass is 35.5. The number of benzene rings is 2. The molecule has 0 saturated carbocycles. The van der Waals surface area contributed by atoms with Gasteiger partial charge in [0.2, 0.25) is 11.8 Å². The predicted octanol–water partition coefficient (Wildman–Crippen LogP) is 3.19. The minimum absolute atomic E-state index is 0.0794. The highest BCUT2D eigenvalue weighted by Gasteiger charge is 2.36. The van der Waals surface area contributed by atoms with Crippen LogP contribution in [0.25, 0.3) is 0 Å². The average molecular weight is 374 g/mol. The van der Waals surface area contributed by atoms with Crippen molar-refractivity contribution < 1.29 is 14.3 Å². The first kappa shape index (κ1) is 18.1. The van der Waals surface area contributed by atoms with Gasteiger partial charge in [-0.3, -0.25) is 19.6 Å². The fourth-order valence-corrected chi connectivity index (χ4v) is 3.19. The SMILES string of the molecule is COc1ccc(NC(=O)C2CC(=O)N(N(C)c3ccccc3)C2)cc1Cl. The zero-order valence-electron chi connectivity index (χ0n) is 14.6. The number of amides is 2. The molecular formula is C19H20ClN3O3. The van der Waals surface area contributed by atoms with Crippen molar-refractivity contribution in [2.24, 2.45) is 5.92 Å². The summed E-state index contributed by atoms with van der Waals surface area (Å²) in [6, 6.07) is 14.6. The van der Waals surface area contributed by atoms with Crippen LogP contribution in [0.3, 0.4) is 0 Å². The molecule has 3 rings (SSSR count). The second-order valence-corrected chi connectivity index (χ2v) is 6.48. The number of hydrazine groups is 1. The van der Waals surface area contributed by atoms with E-state index in [1.54, 1.807) is 28.2 Å². The molecule has 1 heterocycles. The van der Waals surface area contributed by atoms with Gasteiger partial charge < -0.3 is 10.1 Å². The van der Waals surface area contributed by atoms with Gasteiger partial charge in [0.05, 0.1) is 30.3 Å². The van der Waals surface area contributed by atoms with Crippen LogP contribution < -0.4 is 15.1 Å². The van der Waals surface area contributed by atoms with Gasteiger partial charge in [-0.1, -0.05) is 29.8 Å². The second kappa shape index (κ2) is 7.66. The number of nitrogens with one attached hydrogen (secondary N) is 1. The summed E-state index contributed by atoms with van der Waals surface area (Å²) < 4.78 is 5.10. The summed E-state index contributed by atoms with van der Waals surface area (Å²) in [5.74, 6) is -0.168. The molecule has 1 N–H and O–H groups in total. The first-order chi connectivity index (χ1) is 12.5. The average Bonchev–Trinajstić information content (AvgIpc) is 3.04. The quantitative estimate of drug-likeness (QED) is 0.874. The number of carbonyl (C=O) groups is 2. The number of para-hydroxylation sites is 1. The Hall–Kier alpha value is -2.73. The Kier molecular flexibility index (Phi) is 5.32. The molecule has 26 heavy (non-hydrogen) atoms. The van der Waals surface area contributed by atoms with E-state index in [-0.39, 0.29) is 18.2 Å². The van der Waals surface area contributed by atoms with E-state index >= 15 is 0 Å². The smallest absolute Gasteiger partial charge is 0.241 e. The first-order valence-electron chi connectivity index (χ1n) is 8.23. The number of ether oxygens (including phenoxy) is 1. The van der Waals surface area contributed by atoms with Gasteiger partial charge in [0, 0.05) is 19.2 Å². The first-order valence-corrected chi connectivity index (χ1v) is 8.61. The molecule has 1 saturated heterocycles. The van der Waals surface area contributed by atoms with E-state index in [0.29, 0.717) is 23.0 Å². The lowest BCUT2D eigenvalue weighted by Gasteiger charge is -2.30. The molecule has 2 amide bonds. The second-order valence-electron chi connectivity index (χ2n) is 6.07. The van der Waals surface area contributed by atoms with Crippen LogP contribution in [0, 0.1) is 5.92 Å². The third kappa shape index (κ3) is 3.75. The fourth-order valence-electron chi connectivity index (χ4n) is 2.93. The Bertz CT molecular complexity index is 813. The monoisotopic (exact) mass is 373 g/mol. The summed E-state index contributed by atoms with van der Waals surface area (Å²) in [5, 5.41) is 6.61. The Morgan fingerprint density at radius 2 is 2.00 bits per heavy atom. The molecule has 1 unspecified atom stereocenters. The van der Waals surface area contributed by atoms with Crippen LogP contribution in [-0.2, 0) is 9.59 Å². The molecule has 2 aromatic rings. The summed E-state index contributed by atoms with van der Waals surface area (Å²) in [4.78, 5) is 24.9. The lowest BCUT2D eigenvalue weighted by atomic mass is 10.1. The summed E-state index contributed by atoms with van der Waals surface area (Å²) in [5.41, 5.74) is 1.46. The highest BCUT2D eigenvalue weighted by Crippen LogP contribution is 2.28. The zero-order valence-corrected chi connectivity index (χ0v) is 15.4. The minimum atomic E-state index is -0.422.